The fraction of sp³-hybridized carbons (Fsp3) is 0.444. The van der Waals surface area contributed by atoms with Crippen LogP contribution in [0.2, 0.25) is 0 Å². The fourth-order valence-electron chi connectivity index (χ4n) is 2.76. The SMILES string of the molecule is CC(C)NC(=O)CN1CCN(C(=O)/C=C/c2ccccc2[N+](=O)[O-])CC1. The van der Waals surface area contributed by atoms with Crippen LogP contribution in [0.15, 0.2) is 30.3 Å². The molecule has 0 unspecified atom stereocenters. The van der Waals surface area contributed by atoms with Crippen LogP contribution in [-0.2, 0) is 9.59 Å². The topological polar surface area (TPSA) is 95.8 Å². The van der Waals surface area contributed by atoms with Crippen LogP contribution in [0.4, 0.5) is 5.69 Å². The Bertz CT molecular complexity index is 694. The monoisotopic (exact) mass is 360 g/mol. The minimum Gasteiger partial charge on any atom is -0.353 e. The van der Waals surface area contributed by atoms with Gasteiger partial charge in [0.2, 0.25) is 11.8 Å². The van der Waals surface area contributed by atoms with Gasteiger partial charge in [0.1, 0.15) is 0 Å². The normalized spacial score (nSPS) is 15.4. The van der Waals surface area contributed by atoms with Crippen LogP contribution in [-0.4, -0.2) is 65.3 Å². The molecule has 1 aliphatic rings. The van der Waals surface area contributed by atoms with E-state index < -0.39 is 4.92 Å². The van der Waals surface area contributed by atoms with E-state index in [1.54, 1.807) is 23.1 Å². The second-order valence-electron chi connectivity index (χ2n) is 6.47. The molecule has 0 saturated carbocycles. The number of hydrogen-bond acceptors (Lipinski definition) is 5. The standard InChI is InChI=1S/C18H24N4O4/c1-14(2)19-17(23)13-20-9-11-21(12-10-20)18(24)8-7-15-5-3-4-6-16(15)22(25)26/h3-8,14H,9-13H2,1-2H3,(H,19,23)/b8-7+. The van der Waals surface area contributed by atoms with Crippen molar-refractivity contribution >= 4 is 23.6 Å². The molecule has 1 aromatic rings. The van der Waals surface area contributed by atoms with Gasteiger partial charge < -0.3 is 10.2 Å². The molecule has 0 atom stereocenters. The summed E-state index contributed by atoms with van der Waals surface area (Å²) in [5, 5.41) is 13.8. The van der Waals surface area contributed by atoms with Gasteiger partial charge in [0.15, 0.2) is 0 Å². The first kappa shape index (κ1) is 19.6. The summed E-state index contributed by atoms with van der Waals surface area (Å²) in [6, 6.07) is 6.40. The summed E-state index contributed by atoms with van der Waals surface area (Å²) >= 11 is 0. The Morgan fingerprint density at radius 3 is 2.50 bits per heavy atom. The van der Waals surface area contributed by atoms with Crippen LogP contribution in [0, 0.1) is 10.1 Å². The third-order valence-corrected chi connectivity index (χ3v) is 4.04. The van der Waals surface area contributed by atoms with Crippen molar-refractivity contribution in [3.05, 3.63) is 46.0 Å². The van der Waals surface area contributed by atoms with Crippen LogP contribution >= 0.6 is 0 Å². The molecule has 1 saturated heterocycles. The number of amides is 2. The molecule has 0 bridgehead atoms. The molecule has 1 heterocycles. The van der Waals surface area contributed by atoms with Crippen molar-refractivity contribution in [2.75, 3.05) is 32.7 Å². The highest BCUT2D eigenvalue weighted by molar-refractivity contribution is 5.92. The van der Waals surface area contributed by atoms with E-state index in [-0.39, 0.29) is 23.5 Å². The number of para-hydroxylation sites is 1. The maximum absolute atomic E-state index is 12.3. The lowest BCUT2D eigenvalue weighted by atomic mass is 10.1. The summed E-state index contributed by atoms with van der Waals surface area (Å²) in [7, 11) is 0. The first-order valence-corrected chi connectivity index (χ1v) is 8.59. The summed E-state index contributed by atoms with van der Waals surface area (Å²) in [4.78, 5) is 38.3. The van der Waals surface area contributed by atoms with E-state index in [1.165, 1.54) is 18.2 Å². The molecule has 1 N–H and O–H groups in total. The molecule has 0 aromatic heterocycles. The number of rotatable bonds is 6. The molecule has 26 heavy (non-hydrogen) atoms. The number of benzene rings is 1. The van der Waals surface area contributed by atoms with Crippen molar-refractivity contribution in [2.45, 2.75) is 19.9 Å². The average molecular weight is 360 g/mol. The Morgan fingerprint density at radius 1 is 1.23 bits per heavy atom. The molecule has 1 aliphatic heterocycles. The van der Waals surface area contributed by atoms with E-state index in [0.29, 0.717) is 38.3 Å². The third kappa shape index (κ3) is 5.66. The minimum atomic E-state index is -0.467. The van der Waals surface area contributed by atoms with E-state index in [4.69, 9.17) is 0 Å². The molecule has 140 valence electrons. The highest BCUT2D eigenvalue weighted by Crippen LogP contribution is 2.19. The van der Waals surface area contributed by atoms with Crippen LogP contribution in [0.3, 0.4) is 0 Å². The Kier molecular flexibility index (Phi) is 6.85. The lowest BCUT2D eigenvalue weighted by Gasteiger charge is -2.33. The maximum Gasteiger partial charge on any atom is 0.276 e. The van der Waals surface area contributed by atoms with Crippen LogP contribution < -0.4 is 5.32 Å². The lowest BCUT2D eigenvalue weighted by Crippen LogP contribution is -2.51. The molecule has 0 radical (unpaired) electrons. The van der Waals surface area contributed by atoms with E-state index >= 15 is 0 Å². The van der Waals surface area contributed by atoms with Gasteiger partial charge >= 0.3 is 0 Å². The summed E-state index contributed by atoms with van der Waals surface area (Å²) in [6.45, 7) is 6.44. The predicted molar refractivity (Wildman–Crippen MR) is 98.4 cm³/mol. The van der Waals surface area contributed by atoms with E-state index in [2.05, 4.69) is 5.32 Å². The Morgan fingerprint density at radius 2 is 1.88 bits per heavy atom. The Hall–Kier alpha value is -2.74. The van der Waals surface area contributed by atoms with Crippen molar-refractivity contribution in [3.63, 3.8) is 0 Å². The van der Waals surface area contributed by atoms with Crippen molar-refractivity contribution in [3.8, 4) is 0 Å². The smallest absolute Gasteiger partial charge is 0.276 e. The van der Waals surface area contributed by atoms with E-state index in [9.17, 15) is 19.7 Å². The van der Waals surface area contributed by atoms with Gasteiger partial charge in [-0.3, -0.25) is 24.6 Å². The van der Waals surface area contributed by atoms with Crippen molar-refractivity contribution in [1.82, 2.24) is 15.1 Å². The van der Waals surface area contributed by atoms with Crippen molar-refractivity contribution in [2.24, 2.45) is 0 Å². The number of carbonyl (C=O) groups is 2. The zero-order valence-electron chi connectivity index (χ0n) is 15.1. The van der Waals surface area contributed by atoms with Crippen LogP contribution in [0.1, 0.15) is 19.4 Å². The van der Waals surface area contributed by atoms with Gasteiger partial charge in [-0.2, -0.15) is 0 Å². The van der Waals surface area contributed by atoms with Gasteiger partial charge in [-0.1, -0.05) is 12.1 Å². The largest absolute Gasteiger partial charge is 0.353 e. The summed E-state index contributed by atoms with van der Waals surface area (Å²) < 4.78 is 0. The first-order chi connectivity index (χ1) is 12.4. The molecule has 0 spiro atoms. The van der Waals surface area contributed by atoms with Crippen LogP contribution in [0.5, 0.6) is 0 Å². The van der Waals surface area contributed by atoms with Gasteiger partial charge in [-0.25, -0.2) is 0 Å². The van der Waals surface area contributed by atoms with Crippen molar-refractivity contribution < 1.29 is 14.5 Å². The lowest BCUT2D eigenvalue weighted by molar-refractivity contribution is -0.385. The highest BCUT2D eigenvalue weighted by atomic mass is 16.6. The van der Waals surface area contributed by atoms with Gasteiger partial charge in [-0.15, -0.1) is 0 Å². The summed E-state index contributed by atoms with van der Waals surface area (Å²) in [6.07, 6.45) is 2.84. The van der Waals surface area contributed by atoms with Crippen LogP contribution in [0.25, 0.3) is 6.08 Å². The summed E-state index contributed by atoms with van der Waals surface area (Å²) in [5.41, 5.74) is 0.368. The second-order valence-corrected chi connectivity index (χ2v) is 6.47. The maximum atomic E-state index is 12.3. The molecule has 8 nitrogen and oxygen atoms in total. The molecule has 2 rings (SSSR count). The average Bonchev–Trinajstić information content (AvgIpc) is 2.59. The number of piperazine rings is 1. The number of nitrogens with zero attached hydrogens (tertiary/aromatic N) is 3. The zero-order chi connectivity index (χ0) is 19.1. The van der Waals surface area contributed by atoms with Gasteiger partial charge in [0.05, 0.1) is 17.0 Å². The van der Waals surface area contributed by atoms with Gasteiger partial charge in [0.25, 0.3) is 5.69 Å². The number of nitrogens with one attached hydrogen (secondary N) is 1. The Balaban J connectivity index is 1.87. The number of carbonyl (C=O) groups excluding carboxylic acids is 2. The molecular formula is C18H24N4O4. The third-order valence-electron chi connectivity index (χ3n) is 4.04. The fourth-order valence-corrected chi connectivity index (χ4v) is 2.76. The van der Waals surface area contributed by atoms with Gasteiger partial charge in [-0.05, 0) is 26.0 Å². The highest BCUT2D eigenvalue weighted by Gasteiger charge is 2.21. The zero-order valence-corrected chi connectivity index (χ0v) is 15.1. The molecule has 1 aromatic carbocycles. The second kappa shape index (κ2) is 9.10. The number of hydrogen-bond donors (Lipinski definition) is 1. The van der Waals surface area contributed by atoms with E-state index in [0.717, 1.165) is 0 Å². The minimum absolute atomic E-state index is 0.0175. The molecule has 2 amide bonds. The molecule has 1 fully saturated rings. The van der Waals surface area contributed by atoms with E-state index in [1.807, 2.05) is 18.7 Å². The van der Waals surface area contributed by atoms with Crippen molar-refractivity contribution in [1.29, 1.82) is 0 Å². The molecule has 0 aliphatic carbocycles. The van der Waals surface area contributed by atoms with Gasteiger partial charge in [0, 0.05) is 44.4 Å². The molecular weight excluding hydrogens is 336 g/mol. The first-order valence-electron chi connectivity index (χ1n) is 8.59. The predicted octanol–water partition coefficient (Wildman–Crippen LogP) is 1.28. The molecule has 8 heteroatoms. The number of nitro groups is 1. The Labute approximate surface area is 152 Å². The number of nitro benzene ring substituents is 1. The summed E-state index contributed by atoms with van der Waals surface area (Å²) in [5.74, 6) is -0.203. The quantitative estimate of drug-likeness (QED) is 0.468.